The Morgan fingerprint density at radius 1 is 1.14 bits per heavy atom. The van der Waals surface area contributed by atoms with Gasteiger partial charge in [-0.25, -0.2) is 17.7 Å². The third-order valence-electron chi connectivity index (χ3n) is 4.69. The van der Waals surface area contributed by atoms with Crippen LogP contribution in [0.3, 0.4) is 0 Å². The van der Waals surface area contributed by atoms with Gasteiger partial charge in [0, 0.05) is 6.54 Å². The lowest BCUT2D eigenvalue weighted by Gasteiger charge is -2.19. The van der Waals surface area contributed by atoms with E-state index in [2.05, 4.69) is 37.9 Å². The van der Waals surface area contributed by atoms with Crippen molar-refractivity contribution >= 4 is 55.9 Å². The van der Waals surface area contributed by atoms with Gasteiger partial charge in [-0.1, -0.05) is 70.6 Å². The normalized spacial score (nSPS) is 16.0. The number of aryl methyl sites for hydroxylation is 1. The fraction of sp³-hybridized carbons (Fsp3) is 0.200. The van der Waals surface area contributed by atoms with Crippen molar-refractivity contribution in [2.24, 2.45) is 0 Å². The standard InChI is InChI=1S/C20H18ClIN4O2S/c1-13-7-9-15(10-8-13)29(27,28)26-12-16(22)17-18(24-20(21)25-19(17)26)23-11-14-5-3-2-4-6-14/h2-10,16H,11-12H2,1H3,(H,23,24,25). The number of anilines is 2. The van der Waals surface area contributed by atoms with Gasteiger partial charge in [0.25, 0.3) is 10.0 Å². The number of rotatable bonds is 5. The van der Waals surface area contributed by atoms with Gasteiger partial charge in [0.15, 0.2) is 5.82 Å². The Kier molecular flexibility index (Phi) is 5.67. The highest BCUT2D eigenvalue weighted by molar-refractivity contribution is 14.1. The highest BCUT2D eigenvalue weighted by Crippen LogP contribution is 2.45. The van der Waals surface area contributed by atoms with E-state index in [-0.39, 0.29) is 20.6 Å². The van der Waals surface area contributed by atoms with Gasteiger partial charge in [-0.05, 0) is 36.2 Å². The summed E-state index contributed by atoms with van der Waals surface area (Å²) in [6.07, 6.45) is 0. The molecule has 2 heterocycles. The summed E-state index contributed by atoms with van der Waals surface area (Å²) >= 11 is 8.38. The zero-order valence-electron chi connectivity index (χ0n) is 15.5. The molecule has 0 radical (unpaired) electrons. The number of fused-ring (bicyclic) bond motifs is 1. The first-order valence-electron chi connectivity index (χ1n) is 8.95. The molecule has 4 rings (SSSR count). The fourth-order valence-electron chi connectivity index (χ4n) is 3.20. The van der Waals surface area contributed by atoms with Crippen LogP contribution in [0, 0.1) is 6.92 Å². The van der Waals surface area contributed by atoms with Gasteiger partial charge in [0.1, 0.15) is 5.82 Å². The molecule has 1 unspecified atom stereocenters. The summed E-state index contributed by atoms with van der Waals surface area (Å²) in [5.41, 5.74) is 2.83. The number of hydrogen-bond donors (Lipinski definition) is 1. The summed E-state index contributed by atoms with van der Waals surface area (Å²) in [7, 11) is -3.75. The number of nitrogens with zero attached hydrogens (tertiary/aromatic N) is 3. The molecular weight excluding hydrogens is 523 g/mol. The topological polar surface area (TPSA) is 75.2 Å². The van der Waals surface area contributed by atoms with Gasteiger partial charge in [0.05, 0.1) is 20.9 Å². The molecule has 0 aliphatic carbocycles. The van der Waals surface area contributed by atoms with Crippen molar-refractivity contribution in [3.63, 3.8) is 0 Å². The molecule has 1 aromatic heterocycles. The molecule has 3 aromatic rings. The molecule has 1 aliphatic heterocycles. The van der Waals surface area contributed by atoms with Crippen LogP contribution in [-0.4, -0.2) is 24.9 Å². The van der Waals surface area contributed by atoms with E-state index in [1.165, 1.54) is 4.31 Å². The van der Waals surface area contributed by atoms with E-state index in [0.29, 0.717) is 18.2 Å². The third-order valence-corrected chi connectivity index (χ3v) is 7.64. The van der Waals surface area contributed by atoms with Crippen molar-refractivity contribution in [1.29, 1.82) is 0 Å². The van der Waals surface area contributed by atoms with Crippen molar-refractivity contribution in [1.82, 2.24) is 9.97 Å². The minimum absolute atomic E-state index is 0.00826. The van der Waals surface area contributed by atoms with Crippen LogP contribution in [0.1, 0.15) is 20.6 Å². The van der Waals surface area contributed by atoms with Crippen LogP contribution in [0.2, 0.25) is 5.28 Å². The van der Waals surface area contributed by atoms with Gasteiger partial charge in [-0.15, -0.1) is 0 Å². The lowest BCUT2D eigenvalue weighted by molar-refractivity contribution is 0.592. The predicted octanol–water partition coefficient (Wildman–Crippen LogP) is 4.74. The Morgan fingerprint density at radius 3 is 2.52 bits per heavy atom. The molecule has 6 nitrogen and oxygen atoms in total. The number of alkyl halides is 1. The summed E-state index contributed by atoms with van der Waals surface area (Å²) in [4.78, 5) is 8.82. The summed E-state index contributed by atoms with van der Waals surface area (Å²) in [5, 5.41) is 3.30. The summed E-state index contributed by atoms with van der Waals surface area (Å²) in [6, 6.07) is 16.7. The maximum Gasteiger partial charge on any atom is 0.265 e. The van der Waals surface area contributed by atoms with E-state index < -0.39 is 10.0 Å². The number of aromatic nitrogens is 2. The first-order chi connectivity index (χ1) is 13.9. The highest BCUT2D eigenvalue weighted by atomic mass is 127. The number of sulfonamides is 1. The average Bonchev–Trinajstić information content (AvgIpc) is 3.04. The molecule has 0 saturated heterocycles. The van der Waals surface area contributed by atoms with E-state index in [1.807, 2.05) is 37.3 Å². The lowest BCUT2D eigenvalue weighted by atomic mass is 10.2. The van der Waals surface area contributed by atoms with Gasteiger partial charge < -0.3 is 5.32 Å². The molecule has 1 N–H and O–H groups in total. The second-order valence-corrected chi connectivity index (χ2v) is 10.4. The highest BCUT2D eigenvalue weighted by Gasteiger charge is 2.39. The van der Waals surface area contributed by atoms with Crippen molar-refractivity contribution in [2.45, 2.75) is 22.3 Å². The zero-order chi connectivity index (χ0) is 20.6. The number of hydrogen-bond acceptors (Lipinski definition) is 5. The molecule has 0 fully saturated rings. The first-order valence-corrected chi connectivity index (χ1v) is 12.0. The molecule has 1 atom stereocenters. The molecular formula is C20H18ClIN4O2S. The second kappa shape index (κ2) is 8.08. The van der Waals surface area contributed by atoms with Crippen LogP contribution in [-0.2, 0) is 16.6 Å². The molecule has 2 aromatic carbocycles. The fourth-order valence-corrected chi connectivity index (χ4v) is 6.04. The molecule has 9 heteroatoms. The summed E-state index contributed by atoms with van der Waals surface area (Å²) < 4.78 is 27.7. The molecule has 29 heavy (non-hydrogen) atoms. The number of benzene rings is 2. The van der Waals surface area contributed by atoms with Gasteiger partial charge in [-0.2, -0.15) is 4.98 Å². The molecule has 0 amide bonds. The Hall–Kier alpha value is -1.91. The Labute approximate surface area is 188 Å². The van der Waals surface area contributed by atoms with Crippen molar-refractivity contribution in [3.05, 3.63) is 76.6 Å². The molecule has 0 spiro atoms. The smallest absolute Gasteiger partial charge is 0.265 e. The monoisotopic (exact) mass is 540 g/mol. The lowest BCUT2D eigenvalue weighted by Crippen LogP contribution is -2.30. The summed E-state index contributed by atoms with van der Waals surface area (Å²) in [5.74, 6) is 0.894. The van der Waals surface area contributed by atoms with Gasteiger partial charge >= 0.3 is 0 Å². The minimum atomic E-state index is -3.75. The maximum absolute atomic E-state index is 13.3. The van der Waals surface area contributed by atoms with Crippen LogP contribution >= 0.6 is 34.2 Å². The molecule has 150 valence electrons. The Morgan fingerprint density at radius 2 is 1.83 bits per heavy atom. The van der Waals surface area contributed by atoms with E-state index in [4.69, 9.17) is 11.6 Å². The van der Waals surface area contributed by atoms with Crippen LogP contribution < -0.4 is 9.62 Å². The number of nitrogens with one attached hydrogen (secondary N) is 1. The quantitative estimate of drug-likeness (QED) is 0.288. The maximum atomic E-state index is 13.3. The minimum Gasteiger partial charge on any atom is -0.366 e. The van der Waals surface area contributed by atoms with E-state index in [0.717, 1.165) is 16.7 Å². The second-order valence-electron chi connectivity index (χ2n) is 6.73. The SMILES string of the molecule is Cc1ccc(S(=O)(=O)N2CC(I)c3c(NCc4ccccc4)nc(Cl)nc32)cc1. The molecule has 0 bridgehead atoms. The van der Waals surface area contributed by atoms with Gasteiger partial charge in [0.2, 0.25) is 5.28 Å². The summed E-state index contributed by atoms with van der Waals surface area (Å²) in [6.45, 7) is 2.75. The predicted molar refractivity (Wildman–Crippen MR) is 123 cm³/mol. The van der Waals surface area contributed by atoms with Crippen LogP contribution in [0.5, 0.6) is 0 Å². The average molecular weight is 541 g/mol. The third kappa shape index (κ3) is 4.06. The molecule has 0 saturated carbocycles. The van der Waals surface area contributed by atoms with Crippen molar-refractivity contribution in [3.8, 4) is 0 Å². The van der Waals surface area contributed by atoms with E-state index >= 15 is 0 Å². The largest absolute Gasteiger partial charge is 0.366 e. The van der Waals surface area contributed by atoms with Gasteiger partial charge in [-0.3, -0.25) is 0 Å². The zero-order valence-corrected chi connectivity index (χ0v) is 19.2. The van der Waals surface area contributed by atoms with Crippen LogP contribution in [0.25, 0.3) is 0 Å². The van der Waals surface area contributed by atoms with E-state index in [9.17, 15) is 8.42 Å². The van der Waals surface area contributed by atoms with Crippen LogP contribution in [0.15, 0.2) is 59.5 Å². The van der Waals surface area contributed by atoms with E-state index in [1.54, 1.807) is 24.3 Å². The Bertz CT molecular complexity index is 1140. The Balaban J connectivity index is 1.71. The number of halogens is 2. The first kappa shape index (κ1) is 20.4. The van der Waals surface area contributed by atoms with Crippen molar-refractivity contribution < 1.29 is 8.42 Å². The van der Waals surface area contributed by atoms with Crippen molar-refractivity contribution in [2.75, 3.05) is 16.2 Å². The molecule has 1 aliphatic rings. The van der Waals surface area contributed by atoms with Crippen LogP contribution in [0.4, 0.5) is 11.6 Å².